The molecule has 53 heavy (non-hydrogen) atoms. The SMILES string of the molecule is Cc1ccn2cc(Cn3cc(CN(C(=O)CCC(=O)OC(C)(C)C)C(C(=O)NC4CC5CCC4(C)C5(C)C)c4c[nH]c5cc(Cl)ccc45)nn3)nc2c1. The summed E-state index contributed by atoms with van der Waals surface area (Å²) in [5, 5.41) is 13.6. The highest BCUT2D eigenvalue weighted by Crippen LogP contribution is 2.65. The molecule has 5 aromatic rings. The molecule has 4 heterocycles. The predicted octanol–water partition coefficient (Wildman–Crippen LogP) is 6.94. The van der Waals surface area contributed by atoms with Crippen LogP contribution in [0.15, 0.2) is 55.1 Å². The summed E-state index contributed by atoms with van der Waals surface area (Å²) in [7, 11) is 0. The van der Waals surface area contributed by atoms with Crippen LogP contribution >= 0.6 is 11.6 Å². The van der Waals surface area contributed by atoms with Crippen LogP contribution in [0.3, 0.4) is 0 Å². The molecule has 0 radical (unpaired) electrons. The number of aromatic nitrogens is 6. The van der Waals surface area contributed by atoms with Crippen LogP contribution in [0.2, 0.25) is 5.02 Å². The highest BCUT2D eigenvalue weighted by atomic mass is 35.5. The third-order valence-electron chi connectivity index (χ3n) is 11.8. The van der Waals surface area contributed by atoms with Crippen molar-refractivity contribution in [3.63, 3.8) is 0 Å². The smallest absolute Gasteiger partial charge is 0.306 e. The van der Waals surface area contributed by atoms with Gasteiger partial charge in [0.05, 0.1) is 31.4 Å². The van der Waals surface area contributed by atoms with Crippen molar-refractivity contribution in [3.8, 4) is 0 Å². The van der Waals surface area contributed by atoms with E-state index >= 15 is 0 Å². The Kier molecular flexibility index (Phi) is 9.41. The summed E-state index contributed by atoms with van der Waals surface area (Å²) in [5.74, 6) is -0.651. The topological polar surface area (TPSA) is 140 Å². The number of nitrogens with zero attached hydrogens (tertiary/aromatic N) is 6. The number of nitrogens with one attached hydrogen (secondary N) is 2. The molecule has 280 valence electrons. The standard InChI is InChI=1S/C40H49ClN8O4/c1-24-13-15-47-20-27(43-33(47)16-24)21-48-22-28(45-46-48)23-49(34(50)10-11-35(51)53-38(2,3)4)36(30-19-42-31-18-26(41)8-9-29(30)31)37(52)44-32-17-25-12-14-40(32,7)39(25,5)6/h8-9,13,15-16,18-20,22,25,32,36,42H,10-12,14,17,21,23H2,1-7H3,(H,44,52). The van der Waals surface area contributed by atoms with Crippen molar-refractivity contribution in [3.05, 3.63) is 82.7 Å². The van der Waals surface area contributed by atoms with Crippen LogP contribution in [0.25, 0.3) is 16.6 Å². The normalized spacial score (nSPS) is 21.3. The fraction of sp³-hybridized carbons (Fsp3) is 0.500. The van der Waals surface area contributed by atoms with E-state index in [9.17, 15) is 14.4 Å². The molecular weight excluding hydrogens is 692 g/mol. The van der Waals surface area contributed by atoms with Crippen LogP contribution in [0.1, 0.15) is 102 Å². The quantitative estimate of drug-likeness (QED) is 0.140. The van der Waals surface area contributed by atoms with Crippen LogP contribution < -0.4 is 5.32 Å². The van der Waals surface area contributed by atoms with Crippen molar-refractivity contribution in [1.29, 1.82) is 0 Å². The number of halogens is 1. The van der Waals surface area contributed by atoms with Crippen molar-refractivity contribution < 1.29 is 19.1 Å². The molecule has 13 heteroatoms. The molecule has 4 aromatic heterocycles. The Morgan fingerprint density at radius 1 is 1.11 bits per heavy atom. The van der Waals surface area contributed by atoms with Crippen molar-refractivity contribution in [2.45, 2.75) is 111 Å². The number of carbonyl (C=O) groups is 3. The first kappa shape index (κ1) is 36.6. The summed E-state index contributed by atoms with van der Waals surface area (Å²) in [5.41, 5.74) is 3.89. The summed E-state index contributed by atoms with van der Waals surface area (Å²) >= 11 is 6.36. The molecule has 2 N–H and O–H groups in total. The molecule has 4 unspecified atom stereocenters. The minimum atomic E-state index is -1.05. The van der Waals surface area contributed by atoms with E-state index in [1.165, 1.54) is 4.90 Å². The van der Waals surface area contributed by atoms with E-state index in [1.807, 2.05) is 41.9 Å². The number of carbonyl (C=O) groups excluding carboxylic acids is 3. The van der Waals surface area contributed by atoms with Gasteiger partial charge in [0, 0.05) is 52.5 Å². The minimum absolute atomic E-state index is 0.0219. The second-order valence-corrected chi connectivity index (χ2v) is 17.2. The van der Waals surface area contributed by atoms with Gasteiger partial charge in [-0.3, -0.25) is 14.4 Å². The molecule has 7 rings (SSSR count). The summed E-state index contributed by atoms with van der Waals surface area (Å²) in [6.45, 7) is 14.6. The van der Waals surface area contributed by atoms with Gasteiger partial charge in [0.2, 0.25) is 11.8 Å². The first-order valence-corrected chi connectivity index (χ1v) is 18.8. The van der Waals surface area contributed by atoms with Crippen molar-refractivity contribution >= 4 is 45.9 Å². The molecule has 2 fully saturated rings. The number of benzene rings is 1. The number of aryl methyl sites for hydroxylation is 1. The number of aromatic amines is 1. The molecule has 2 aliphatic rings. The monoisotopic (exact) mass is 740 g/mol. The molecule has 2 amide bonds. The Morgan fingerprint density at radius 3 is 2.62 bits per heavy atom. The van der Waals surface area contributed by atoms with Crippen LogP contribution in [-0.4, -0.2) is 63.7 Å². The van der Waals surface area contributed by atoms with Gasteiger partial charge in [0.15, 0.2) is 0 Å². The van der Waals surface area contributed by atoms with Gasteiger partial charge in [-0.1, -0.05) is 43.7 Å². The molecule has 0 aliphatic heterocycles. The second kappa shape index (κ2) is 13.6. The van der Waals surface area contributed by atoms with Crippen LogP contribution in [0.4, 0.5) is 0 Å². The van der Waals surface area contributed by atoms with Crippen LogP contribution in [0, 0.1) is 23.7 Å². The minimum Gasteiger partial charge on any atom is -0.460 e. The summed E-state index contributed by atoms with van der Waals surface area (Å²) in [4.78, 5) is 51.7. The highest BCUT2D eigenvalue weighted by molar-refractivity contribution is 6.31. The Bertz CT molecular complexity index is 2190. The Labute approximate surface area is 314 Å². The van der Waals surface area contributed by atoms with Crippen molar-refractivity contribution in [2.75, 3.05) is 0 Å². The predicted molar refractivity (Wildman–Crippen MR) is 202 cm³/mol. The van der Waals surface area contributed by atoms with Gasteiger partial charge in [-0.25, -0.2) is 9.67 Å². The molecule has 2 bridgehead atoms. The maximum atomic E-state index is 14.9. The molecule has 12 nitrogen and oxygen atoms in total. The molecule has 0 saturated heterocycles. The Morgan fingerprint density at radius 2 is 1.91 bits per heavy atom. The van der Waals surface area contributed by atoms with Gasteiger partial charge in [-0.2, -0.15) is 0 Å². The van der Waals surface area contributed by atoms with Crippen LogP contribution in [-0.2, 0) is 32.2 Å². The molecule has 4 atom stereocenters. The third-order valence-corrected chi connectivity index (χ3v) is 12.1. The number of esters is 1. The first-order chi connectivity index (χ1) is 25.0. The fourth-order valence-electron chi connectivity index (χ4n) is 8.58. The number of amides is 2. The lowest BCUT2D eigenvalue weighted by Gasteiger charge is -2.40. The fourth-order valence-corrected chi connectivity index (χ4v) is 8.75. The van der Waals surface area contributed by atoms with Gasteiger partial charge in [0.1, 0.15) is 23.0 Å². The van der Waals surface area contributed by atoms with Gasteiger partial charge < -0.3 is 24.3 Å². The van der Waals surface area contributed by atoms with Gasteiger partial charge in [-0.05, 0) is 93.5 Å². The number of hydrogen-bond acceptors (Lipinski definition) is 7. The number of imidazole rings is 1. The zero-order chi connectivity index (χ0) is 37.9. The molecular formula is C40H49ClN8O4. The van der Waals surface area contributed by atoms with E-state index in [2.05, 4.69) is 41.4 Å². The molecule has 0 spiro atoms. The lowest BCUT2D eigenvalue weighted by molar-refractivity contribution is -0.156. The van der Waals surface area contributed by atoms with Crippen LogP contribution in [0.5, 0.6) is 0 Å². The number of rotatable bonds is 11. The van der Waals surface area contributed by atoms with Crippen molar-refractivity contribution in [2.24, 2.45) is 16.7 Å². The van der Waals surface area contributed by atoms with E-state index in [1.54, 1.807) is 50.0 Å². The molecule has 1 aromatic carbocycles. The number of ether oxygens (including phenoxy) is 1. The summed E-state index contributed by atoms with van der Waals surface area (Å²) in [6.07, 6.45) is 10.2. The average Bonchev–Trinajstić information content (AvgIpc) is 3.87. The van der Waals surface area contributed by atoms with E-state index in [0.717, 1.165) is 47.1 Å². The highest BCUT2D eigenvalue weighted by Gasteiger charge is 2.61. The summed E-state index contributed by atoms with van der Waals surface area (Å²) < 4.78 is 9.16. The molecule has 2 aliphatic carbocycles. The summed E-state index contributed by atoms with van der Waals surface area (Å²) in [6, 6.07) is 8.37. The lowest BCUT2D eigenvalue weighted by Crippen LogP contribution is -2.51. The largest absolute Gasteiger partial charge is 0.460 e. The van der Waals surface area contributed by atoms with E-state index in [-0.39, 0.29) is 48.1 Å². The lowest BCUT2D eigenvalue weighted by atomic mass is 9.69. The van der Waals surface area contributed by atoms with E-state index in [0.29, 0.717) is 28.7 Å². The number of H-pyrrole nitrogens is 1. The number of fused-ring (bicyclic) bond motifs is 4. The Balaban J connectivity index is 1.23. The van der Waals surface area contributed by atoms with E-state index in [4.69, 9.17) is 21.3 Å². The third kappa shape index (κ3) is 7.17. The van der Waals surface area contributed by atoms with Crippen molar-refractivity contribution in [1.82, 2.24) is 39.6 Å². The zero-order valence-electron chi connectivity index (χ0n) is 31.6. The van der Waals surface area contributed by atoms with Gasteiger partial charge in [0.25, 0.3) is 0 Å². The average molecular weight is 741 g/mol. The number of pyridine rings is 1. The molecule has 2 saturated carbocycles. The zero-order valence-corrected chi connectivity index (χ0v) is 32.3. The van der Waals surface area contributed by atoms with Gasteiger partial charge in [-0.15, -0.1) is 5.10 Å². The Hall–Kier alpha value is -4.71. The van der Waals surface area contributed by atoms with E-state index < -0.39 is 17.6 Å². The number of hydrogen-bond donors (Lipinski definition) is 2. The maximum absolute atomic E-state index is 14.9. The maximum Gasteiger partial charge on any atom is 0.306 e. The van der Waals surface area contributed by atoms with Gasteiger partial charge >= 0.3 is 5.97 Å². The first-order valence-electron chi connectivity index (χ1n) is 18.4. The second-order valence-electron chi connectivity index (χ2n) is 16.7.